The Morgan fingerprint density at radius 2 is 2.28 bits per heavy atom. The second-order valence-electron chi connectivity index (χ2n) is 3.69. The van der Waals surface area contributed by atoms with Gasteiger partial charge in [-0.15, -0.1) is 0 Å². The van der Waals surface area contributed by atoms with Crippen molar-refractivity contribution in [1.82, 2.24) is 9.97 Å². The van der Waals surface area contributed by atoms with E-state index in [1.807, 2.05) is 0 Å². The number of aromatic nitrogens is 2. The van der Waals surface area contributed by atoms with Crippen molar-refractivity contribution >= 4 is 23.2 Å². The molecule has 0 unspecified atom stereocenters. The van der Waals surface area contributed by atoms with Gasteiger partial charge in [0.2, 0.25) is 0 Å². The summed E-state index contributed by atoms with van der Waals surface area (Å²) < 4.78 is 0. The Morgan fingerprint density at radius 1 is 1.50 bits per heavy atom. The minimum atomic E-state index is -0.522. The van der Waals surface area contributed by atoms with E-state index >= 15 is 0 Å². The van der Waals surface area contributed by atoms with E-state index in [0.717, 1.165) is 0 Å². The van der Waals surface area contributed by atoms with Gasteiger partial charge in [0.15, 0.2) is 10.6 Å². The molecule has 5 nitrogen and oxygen atoms in total. The second-order valence-corrected chi connectivity index (χ2v) is 4.05. The molecule has 18 heavy (non-hydrogen) atoms. The first-order chi connectivity index (χ1) is 8.58. The average molecular weight is 264 g/mol. The number of nitrogens with one attached hydrogen (secondary N) is 2. The number of amides is 1. The summed E-state index contributed by atoms with van der Waals surface area (Å²) >= 11 is 5.81. The third kappa shape index (κ3) is 2.57. The molecule has 2 N–H and O–H groups in total. The minimum absolute atomic E-state index is 0.0283. The molecule has 2 aromatic heterocycles. The van der Waals surface area contributed by atoms with E-state index in [0.29, 0.717) is 11.4 Å². The number of hydrogen-bond acceptors (Lipinski definition) is 3. The quantitative estimate of drug-likeness (QED) is 0.814. The zero-order valence-corrected chi connectivity index (χ0v) is 10.3. The van der Waals surface area contributed by atoms with E-state index in [1.165, 1.54) is 18.5 Å². The summed E-state index contributed by atoms with van der Waals surface area (Å²) in [5.41, 5.74) is 0.740. The van der Waals surface area contributed by atoms with Crippen molar-refractivity contribution in [2.45, 2.75) is 6.92 Å². The lowest BCUT2D eigenvalue weighted by Crippen LogP contribution is -2.21. The lowest BCUT2D eigenvalue weighted by molar-refractivity contribution is 0.102. The van der Waals surface area contributed by atoms with Crippen molar-refractivity contribution in [3.05, 3.63) is 57.2 Å². The van der Waals surface area contributed by atoms with Crippen LogP contribution in [0, 0.1) is 6.92 Å². The van der Waals surface area contributed by atoms with Gasteiger partial charge in [0.1, 0.15) is 5.56 Å². The summed E-state index contributed by atoms with van der Waals surface area (Å²) in [5, 5.41) is 2.71. The van der Waals surface area contributed by atoms with E-state index in [-0.39, 0.29) is 16.1 Å². The molecule has 0 radical (unpaired) electrons. The molecule has 0 fully saturated rings. The molecule has 0 bridgehead atoms. The standard InChI is InChI=1S/C12H10ClN3O2/c1-7-5-10(17)8(6-15-7)12(18)16-9-3-2-4-14-11(9)13/h2-6H,1H3,(H,15,17)(H,16,18). The Balaban J connectivity index is 2.28. The molecule has 0 aliphatic heterocycles. The summed E-state index contributed by atoms with van der Waals surface area (Å²) in [4.78, 5) is 30.1. The molecule has 0 aliphatic carbocycles. The largest absolute Gasteiger partial charge is 0.364 e. The van der Waals surface area contributed by atoms with Gasteiger partial charge in [0.25, 0.3) is 5.91 Å². The lowest BCUT2D eigenvalue weighted by Gasteiger charge is -2.05. The Labute approximate surface area is 108 Å². The number of aryl methyl sites for hydroxylation is 1. The predicted molar refractivity (Wildman–Crippen MR) is 69.0 cm³/mol. The first-order valence-electron chi connectivity index (χ1n) is 5.19. The van der Waals surface area contributed by atoms with Crippen LogP contribution in [0.1, 0.15) is 16.1 Å². The van der Waals surface area contributed by atoms with Gasteiger partial charge in [-0.1, -0.05) is 11.6 Å². The van der Waals surface area contributed by atoms with Gasteiger partial charge in [-0.05, 0) is 19.1 Å². The minimum Gasteiger partial charge on any atom is -0.364 e. The average Bonchev–Trinajstić information content (AvgIpc) is 2.32. The summed E-state index contributed by atoms with van der Waals surface area (Å²) in [6.45, 7) is 1.74. The van der Waals surface area contributed by atoms with Crippen molar-refractivity contribution in [2.75, 3.05) is 5.32 Å². The van der Waals surface area contributed by atoms with Gasteiger partial charge in [-0.25, -0.2) is 4.98 Å². The molecule has 0 aliphatic rings. The highest BCUT2D eigenvalue weighted by atomic mass is 35.5. The van der Waals surface area contributed by atoms with Gasteiger partial charge < -0.3 is 10.3 Å². The zero-order valence-electron chi connectivity index (χ0n) is 9.53. The van der Waals surface area contributed by atoms with Crippen molar-refractivity contribution < 1.29 is 4.79 Å². The van der Waals surface area contributed by atoms with E-state index in [2.05, 4.69) is 15.3 Å². The number of nitrogens with zero attached hydrogens (tertiary/aromatic N) is 1. The molecule has 2 heterocycles. The van der Waals surface area contributed by atoms with Gasteiger partial charge in [0.05, 0.1) is 5.69 Å². The monoisotopic (exact) mass is 263 g/mol. The molecule has 0 saturated heterocycles. The Kier molecular flexibility index (Phi) is 3.43. The highest BCUT2D eigenvalue weighted by Gasteiger charge is 2.12. The predicted octanol–water partition coefficient (Wildman–Crippen LogP) is 1.98. The Morgan fingerprint density at radius 3 is 2.94 bits per heavy atom. The van der Waals surface area contributed by atoms with Crippen molar-refractivity contribution in [2.24, 2.45) is 0 Å². The van der Waals surface area contributed by atoms with Crippen LogP contribution in [0.25, 0.3) is 0 Å². The maximum atomic E-state index is 11.9. The molecule has 6 heteroatoms. The number of carbonyl (C=O) groups is 1. The van der Waals surface area contributed by atoms with Gasteiger partial charge in [-0.3, -0.25) is 9.59 Å². The molecule has 92 valence electrons. The fourth-order valence-electron chi connectivity index (χ4n) is 1.42. The summed E-state index contributed by atoms with van der Waals surface area (Å²) in [5.74, 6) is -0.522. The number of H-pyrrole nitrogens is 1. The molecule has 0 aromatic carbocycles. The zero-order chi connectivity index (χ0) is 13.1. The van der Waals surface area contributed by atoms with E-state index in [4.69, 9.17) is 11.6 Å². The number of carbonyl (C=O) groups excluding carboxylic acids is 1. The van der Waals surface area contributed by atoms with Crippen LogP contribution < -0.4 is 10.7 Å². The fraction of sp³-hybridized carbons (Fsp3) is 0.0833. The van der Waals surface area contributed by atoms with Crippen LogP contribution in [0.3, 0.4) is 0 Å². The molecule has 1 amide bonds. The molecule has 0 saturated carbocycles. The van der Waals surface area contributed by atoms with Crippen LogP contribution in [0.15, 0.2) is 35.4 Å². The number of rotatable bonds is 2. The third-order valence-corrected chi connectivity index (χ3v) is 2.61. The first-order valence-corrected chi connectivity index (χ1v) is 5.57. The highest BCUT2D eigenvalue weighted by Crippen LogP contribution is 2.17. The molecular weight excluding hydrogens is 254 g/mol. The fourth-order valence-corrected chi connectivity index (χ4v) is 1.59. The number of pyridine rings is 2. The molecule has 2 aromatic rings. The van der Waals surface area contributed by atoms with Crippen LogP contribution in [0.4, 0.5) is 5.69 Å². The van der Waals surface area contributed by atoms with Crippen LogP contribution in [-0.2, 0) is 0 Å². The third-order valence-electron chi connectivity index (χ3n) is 2.31. The summed E-state index contributed by atoms with van der Waals surface area (Å²) in [6.07, 6.45) is 2.88. The normalized spacial score (nSPS) is 10.1. The van der Waals surface area contributed by atoms with Crippen LogP contribution in [0.5, 0.6) is 0 Å². The number of hydrogen-bond donors (Lipinski definition) is 2. The Hall–Kier alpha value is -2.14. The maximum Gasteiger partial charge on any atom is 0.261 e. The van der Waals surface area contributed by atoms with E-state index < -0.39 is 5.91 Å². The van der Waals surface area contributed by atoms with Crippen LogP contribution in [0.2, 0.25) is 5.15 Å². The van der Waals surface area contributed by atoms with E-state index in [9.17, 15) is 9.59 Å². The molecule has 2 rings (SSSR count). The van der Waals surface area contributed by atoms with E-state index in [1.54, 1.807) is 19.1 Å². The smallest absolute Gasteiger partial charge is 0.261 e. The van der Waals surface area contributed by atoms with Crippen LogP contribution >= 0.6 is 11.6 Å². The van der Waals surface area contributed by atoms with Gasteiger partial charge in [-0.2, -0.15) is 0 Å². The van der Waals surface area contributed by atoms with Crippen molar-refractivity contribution in [3.8, 4) is 0 Å². The second kappa shape index (κ2) is 5.01. The van der Waals surface area contributed by atoms with Crippen molar-refractivity contribution in [1.29, 1.82) is 0 Å². The lowest BCUT2D eigenvalue weighted by atomic mass is 10.2. The van der Waals surface area contributed by atoms with Gasteiger partial charge in [0, 0.05) is 24.2 Å². The summed E-state index contributed by atoms with van der Waals surface area (Å²) in [6, 6.07) is 4.61. The molecule has 0 spiro atoms. The topological polar surface area (TPSA) is 74.8 Å². The number of aromatic amines is 1. The highest BCUT2D eigenvalue weighted by molar-refractivity contribution is 6.32. The number of anilines is 1. The number of halogens is 1. The SMILES string of the molecule is Cc1cc(=O)c(C(=O)Nc2cccnc2Cl)c[nH]1. The first kappa shape index (κ1) is 12.3. The van der Waals surface area contributed by atoms with Crippen molar-refractivity contribution in [3.63, 3.8) is 0 Å². The summed E-state index contributed by atoms with van der Waals surface area (Å²) in [7, 11) is 0. The Bertz CT molecular complexity index is 652. The molecule has 0 atom stereocenters. The van der Waals surface area contributed by atoms with Gasteiger partial charge >= 0.3 is 0 Å². The van der Waals surface area contributed by atoms with Crippen LogP contribution in [-0.4, -0.2) is 15.9 Å². The maximum absolute atomic E-state index is 11.9. The molecular formula is C12H10ClN3O2.